The zero-order valence-electron chi connectivity index (χ0n) is 8.21. The molecular formula is C11H13Cl2NO. The van der Waals surface area contributed by atoms with Crippen LogP contribution in [0.2, 0.25) is 10.0 Å². The normalized spacial score (nSPS) is 12.5. The van der Waals surface area contributed by atoms with E-state index in [1.807, 2.05) is 6.08 Å². The van der Waals surface area contributed by atoms with Crippen LogP contribution in [0.3, 0.4) is 0 Å². The number of rotatable bonds is 4. The molecule has 0 bridgehead atoms. The van der Waals surface area contributed by atoms with Crippen molar-refractivity contribution in [3.05, 3.63) is 40.4 Å². The van der Waals surface area contributed by atoms with E-state index in [9.17, 15) is 5.11 Å². The van der Waals surface area contributed by atoms with E-state index in [4.69, 9.17) is 28.9 Å². The Bertz CT molecular complexity index is 343. The van der Waals surface area contributed by atoms with Crippen LogP contribution in [0, 0.1) is 0 Å². The average molecular weight is 246 g/mol. The van der Waals surface area contributed by atoms with Crippen LogP contribution in [0.4, 0.5) is 0 Å². The molecule has 2 nitrogen and oxygen atoms in total. The fraction of sp³-hybridized carbons (Fsp3) is 0.273. The van der Waals surface area contributed by atoms with Crippen molar-refractivity contribution < 1.29 is 5.11 Å². The van der Waals surface area contributed by atoms with Gasteiger partial charge in [-0.25, -0.2) is 0 Å². The Morgan fingerprint density at radius 1 is 1.40 bits per heavy atom. The Labute approximate surface area is 99.3 Å². The second kappa shape index (κ2) is 5.40. The van der Waals surface area contributed by atoms with Crippen LogP contribution >= 0.6 is 23.2 Å². The number of nitrogens with two attached hydrogens (primary N) is 1. The van der Waals surface area contributed by atoms with Crippen molar-refractivity contribution in [2.24, 2.45) is 5.73 Å². The molecule has 0 unspecified atom stereocenters. The maximum absolute atomic E-state index is 9.37. The summed E-state index contributed by atoms with van der Waals surface area (Å²) in [6.45, 7) is 3.63. The van der Waals surface area contributed by atoms with E-state index in [0.717, 1.165) is 18.4 Å². The van der Waals surface area contributed by atoms with Gasteiger partial charge in [0.2, 0.25) is 0 Å². The Hall–Kier alpha value is -0.700. The molecule has 3 N–H and O–H groups in total. The van der Waals surface area contributed by atoms with Gasteiger partial charge in [-0.1, -0.05) is 29.3 Å². The number of halogens is 2. The smallest absolute Gasteiger partial charge is 0.152 e. The highest BCUT2D eigenvalue weighted by Gasteiger charge is 2.11. The number of allylic oxidation sites excluding steroid dienone is 1. The lowest BCUT2D eigenvalue weighted by Gasteiger charge is -2.12. The van der Waals surface area contributed by atoms with E-state index in [2.05, 4.69) is 6.58 Å². The van der Waals surface area contributed by atoms with Gasteiger partial charge in [0.05, 0.1) is 10.0 Å². The summed E-state index contributed by atoms with van der Waals surface area (Å²) in [6.07, 6.45) is 3.42. The summed E-state index contributed by atoms with van der Waals surface area (Å²) in [4.78, 5) is 0. The molecule has 0 aromatic heterocycles. The number of hydrogen-bond acceptors (Lipinski definition) is 2. The van der Waals surface area contributed by atoms with Crippen molar-refractivity contribution in [3.63, 3.8) is 0 Å². The van der Waals surface area contributed by atoms with Crippen LogP contribution in [0.1, 0.15) is 24.4 Å². The molecule has 0 amide bonds. The quantitative estimate of drug-likeness (QED) is 0.796. The van der Waals surface area contributed by atoms with Crippen LogP contribution in [-0.2, 0) is 0 Å². The molecule has 0 fully saturated rings. The van der Waals surface area contributed by atoms with Crippen molar-refractivity contribution >= 4 is 23.2 Å². The molecule has 0 heterocycles. The van der Waals surface area contributed by atoms with Crippen molar-refractivity contribution in [3.8, 4) is 5.75 Å². The summed E-state index contributed by atoms with van der Waals surface area (Å²) in [5.74, 6) is -0.0991. The largest absolute Gasteiger partial charge is 0.505 e. The second-order valence-electron chi connectivity index (χ2n) is 3.31. The third-order valence-corrected chi connectivity index (χ3v) is 2.73. The van der Waals surface area contributed by atoms with E-state index < -0.39 is 0 Å². The van der Waals surface area contributed by atoms with Gasteiger partial charge in [-0.05, 0) is 30.5 Å². The standard InChI is InChI=1S/C11H13Cl2NO/c1-2-3-4-10(14)7-5-8(12)11(15)9(13)6-7/h2,5-6,10,15H,1,3-4,14H2/t10-/m1/s1. The second-order valence-corrected chi connectivity index (χ2v) is 4.12. The highest BCUT2D eigenvalue weighted by molar-refractivity contribution is 6.37. The van der Waals surface area contributed by atoms with Gasteiger partial charge in [-0.15, -0.1) is 6.58 Å². The minimum Gasteiger partial charge on any atom is -0.505 e. The molecule has 0 saturated heterocycles. The summed E-state index contributed by atoms with van der Waals surface area (Å²) in [5.41, 5.74) is 6.75. The molecule has 1 atom stereocenters. The Morgan fingerprint density at radius 3 is 2.40 bits per heavy atom. The zero-order valence-corrected chi connectivity index (χ0v) is 9.72. The first-order valence-corrected chi connectivity index (χ1v) is 5.36. The van der Waals surface area contributed by atoms with Gasteiger partial charge >= 0.3 is 0 Å². The summed E-state index contributed by atoms with van der Waals surface area (Å²) >= 11 is 11.6. The van der Waals surface area contributed by atoms with Crippen molar-refractivity contribution in [2.45, 2.75) is 18.9 Å². The van der Waals surface area contributed by atoms with Gasteiger partial charge in [0.1, 0.15) is 0 Å². The predicted octanol–water partition coefficient (Wildman–Crippen LogP) is 3.67. The van der Waals surface area contributed by atoms with Crippen LogP contribution in [-0.4, -0.2) is 5.11 Å². The lowest BCUT2D eigenvalue weighted by molar-refractivity contribution is 0.475. The first kappa shape index (κ1) is 12.4. The van der Waals surface area contributed by atoms with E-state index in [1.165, 1.54) is 0 Å². The van der Waals surface area contributed by atoms with E-state index in [1.54, 1.807) is 12.1 Å². The third kappa shape index (κ3) is 3.13. The van der Waals surface area contributed by atoms with Crippen molar-refractivity contribution in [1.29, 1.82) is 0 Å². The Kier molecular flexibility index (Phi) is 4.45. The van der Waals surface area contributed by atoms with Crippen LogP contribution in [0.25, 0.3) is 0 Å². The summed E-state index contributed by atoms with van der Waals surface area (Å²) in [7, 11) is 0. The monoisotopic (exact) mass is 245 g/mol. The summed E-state index contributed by atoms with van der Waals surface area (Å²) in [5, 5.41) is 9.82. The minimum absolute atomic E-state index is 0.0991. The van der Waals surface area contributed by atoms with Gasteiger partial charge in [-0.3, -0.25) is 0 Å². The molecule has 0 spiro atoms. The number of phenols is 1. The maximum atomic E-state index is 9.37. The molecule has 0 aliphatic rings. The van der Waals surface area contributed by atoms with Gasteiger partial charge < -0.3 is 10.8 Å². The number of hydrogen-bond donors (Lipinski definition) is 2. The molecule has 0 saturated carbocycles. The number of benzene rings is 1. The van der Waals surface area contributed by atoms with Crippen molar-refractivity contribution in [1.82, 2.24) is 0 Å². The highest BCUT2D eigenvalue weighted by Crippen LogP contribution is 2.34. The SMILES string of the molecule is C=CCC[C@@H](N)c1cc(Cl)c(O)c(Cl)c1. The van der Waals surface area contributed by atoms with E-state index in [0.29, 0.717) is 0 Å². The topological polar surface area (TPSA) is 46.2 Å². The first-order chi connectivity index (χ1) is 7.06. The first-order valence-electron chi connectivity index (χ1n) is 4.60. The summed E-state index contributed by atoms with van der Waals surface area (Å²) < 4.78 is 0. The molecule has 0 aliphatic carbocycles. The molecule has 0 aliphatic heterocycles. The van der Waals surface area contributed by atoms with E-state index in [-0.39, 0.29) is 21.8 Å². The average Bonchev–Trinajstić information content (AvgIpc) is 2.21. The maximum Gasteiger partial charge on any atom is 0.152 e. The fourth-order valence-electron chi connectivity index (χ4n) is 1.26. The predicted molar refractivity (Wildman–Crippen MR) is 64.5 cm³/mol. The highest BCUT2D eigenvalue weighted by atomic mass is 35.5. The number of aromatic hydroxyl groups is 1. The van der Waals surface area contributed by atoms with Crippen LogP contribution < -0.4 is 5.73 Å². The zero-order chi connectivity index (χ0) is 11.4. The van der Waals surface area contributed by atoms with Crippen molar-refractivity contribution in [2.75, 3.05) is 0 Å². The molecular weight excluding hydrogens is 233 g/mol. The van der Waals surface area contributed by atoms with E-state index >= 15 is 0 Å². The lowest BCUT2D eigenvalue weighted by Crippen LogP contribution is -2.09. The van der Waals surface area contributed by atoms with Crippen LogP contribution in [0.15, 0.2) is 24.8 Å². The molecule has 82 valence electrons. The minimum atomic E-state index is -0.140. The Morgan fingerprint density at radius 2 is 1.93 bits per heavy atom. The van der Waals surface area contributed by atoms with Gasteiger partial charge in [0, 0.05) is 6.04 Å². The Balaban J connectivity index is 2.90. The lowest BCUT2D eigenvalue weighted by atomic mass is 10.0. The van der Waals surface area contributed by atoms with Gasteiger partial charge in [-0.2, -0.15) is 0 Å². The fourth-order valence-corrected chi connectivity index (χ4v) is 1.77. The van der Waals surface area contributed by atoms with Crippen LogP contribution in [0.5, 0.6) is 5.75 Å². The molecule has 4 heteroatoms. The molecule has 1 aromatic rings. The molecule has 0 radical (unpaired) electrons. The molecule has 1 rings (SSSR count). The third-order valence-electron chi connectivity index (χ3n) is 2.15. The molecule has 1 aromatic carbocycles. The van der Waals surface area contributed by atoms with Gasteiger partial charge in [0.15, 0.2) is 5.75 Å². The molecule has 15 heavy (non-hydrogen) atoms. The van der Waals surface area contributed by atoms with Gasteiger partial charge in [0.25, 0.3) is 0 Å². The number of phenolic OH excluding ortho intramolecular Hbond substituents is 1. The summed E-state index contributed by atoms with van der Waals surface area (Å²) in [6, 6.07) is 3.13.